The first-order valence-corrected chi connectivity index (χ1v) is 9.08. The zero-order valence-electron chi connectivity index (χ0n) is 15.5. The standard InChI is InChI=1S/C21H23N3O3/c1-13-7-9-15-12-20(16(10-8-14(2)25)11-19(15)22-13)24-23-18-6-4-3-5-17(18)21(26)27/h3-6,11-13,22H,7-10H2,1-2H3,(H,26,27)/p-1/t13-/m0/s1. The molecule has 2 aromatic rings. The highest BCUT2D eigenvalue weighted by Gasteiger charge is 2.17. The lowest BCUT2D eigenvalue weighted by Crippen LogP contribution is -2.22. The van der Waals surface area contributed by atoms with E-state index in [4.69, 9.17) is 0 Å². The van der Waals surface area contributed by atoms with E-state index in [2.05, 4.69) is 22.5 Å². The zero-order valence-corrected chi connectivity index (χ0v) is 15.5. The van der Waals surface area contributed by atoms with Crippen molar-refractivity contribution in [2.75, 3.05) is 5.32 Å². The smallest absolute Gasteiger partial charge is 0.130 e. The van der Waals surface area contributed by atoms with Crippen molar-refractivity contribution in [2.45, 2.75) is 45.6 Å². The molecule has 1 N–H and O–H groups in total. The quantitative estimate of drug-likeness (QED) is 0.790. The molecule has 140 valence electrons. The van der Waals surface area contributed by atoms with Crippen LogP contribution in [0.15, 0.2) is 46.6 Å². The van der Waals surface area contributed by atoms with Crippen molar-refractivity contribution >= 4 is 28.8 Å². The summed E-state index contributed by atoms with van der Waals surface area (Å²) in [6.07, 6.45) is 2.96. The maximum Gasteiger partial charge on any atom is 0.130 e. The molecule has 0 bridgehead atoms. The maximum atomic E-state index is 11.4. The number of carbonyl (C=O) groups excluding carboxylic acids is 2. The van der Waals surface area contributed by atoms with Gasteiger partial charge < -0.3 is 20.0 Å². The van der Waals surface area contributed by atoms with Crippen LogP contribution in [0.4, 0.5) is 17.1 Å². The Hall–Kier alpha value is -3.02. The molecule has 6 heteroatoms. The van der Waals surface area contributed by atoms with Gasteiger partial charge in [0.15, 0.2) is 0 Å². The number of carbonyl (C=O) groups is 2. The summed E-state index contributed by atoms with van der Waals surface area (Å²) < 4.78 is 0. The number of Topliss-reactive ketones (excluding diaryl/α,β-unsaturated/α-hetero) is 1. The fraction of sp³-hybridized carbons (Fsp3) is 0.333. The summed E-state index contributed by atoms with van der Waals surface area (Å²) in [6.45, 7) is 3.71. The summed E-state index contributed by atoms with van der Waals surface area (Å²) in [5.41, 5.74) is 4.06. The third-order valence-electron chi connectivity index (χ3n) is 4.69. The Morgan fingerprint density at radius 1 is 1.19 bits per heavy atom. The Morgan fingerprint density at radius 2 is 1.93 bits per heavy atom. The van der Waals surface area contributed by atoms with Crippen LogP contribution in [0, 0.1) is 0 Å². The number of anilines is 1. The molecule has 0 saturated carbocycles. The van der Waals surface area contributed by atoms with Crippen LogP contribution in [0.3, 0.4) is 0 Å². The molecule has 1 aliphatic heterocycles. The average Bonchev–Trinajstić information content (AvgIpc) is 2.64. The SMILES string of the molecule is CC(=O)CCc1cc2c(cc1N=Nc1ccccc1C(=O)[O-])CC[C@H](C)N2. The van der Waals surface area contributed by atoms with Gasteiger partial charge in [0.05, 0.1) is 17.3 Å². The van der Waals surface area contributed by atoms with Crippen molar-refractivity contribution in [1.82, 2.24) is 0 Å². The first kappa shape index (κ1) is 18.8. The van der Waals surface area contributed by atoms with Crippen LogP contribution >= 0.6 is 0 Å². The molecular weight excluding hydrogens is 342 g/mol. The number of nitrogens with zero attached hydrogens (tertiary/aromatic N) is 2. The van der Waals surface area contributed by atoms with Gasteiger partial charge in [-0.1, -0.05) is 18.2 Å². The summed E-state index contributed by atoms with van der Waals surface area (Å²) in [7, 11) is 0. The molecule has 0 aliphatic carbocycles. The van der Waals surface area contributed by atoms with Gasteiger partial charge in [-0.15, -0.1) is 5.11 Å². The maximum absolute atomic E-state index is 11.4. The van der Waals surface area contributed by atoms with E-state index in [9.17, 15) is 14.7 Å². The van der Waals surface area contributed by atoms with E-state index in [0.29, 0.717) is 24.6 Å². The van der Waals surface area contributed by atoms with Crippen LogP contribution in [0.25, 0.3) is 0 Å². The topological polar surface area (TPSA) is 94.0 Å². The Kier molecular flexibility index (Phi) is 5.64. The lowest BCUT2D eigenvalue weighted by atomic mass is 9.94. The second-order valence-corrected chi connectivity index (χ2v) is 6.93. The fourth-order valence-electron chi connectivity index (χ4n) is 3.17. The number of hydrogen-bond donors (Lipinski definition) is 1. The number of nitrogens with one attached hydrogen (secondary N) is 1. The third-order valence-corrected chi connectivity index (χ3v) is 4.69. The number of fused-ring (bicyclic) bond motifs is 1. The number of benzene rings is 2. The molecule has 0 amide bonds. The van der Waals surface area contributed by atoms with Gasteiger partial charge in [0, 0.05) is 23.7 Å². The number of hydrogen-bond acceptors (Lipinski definition) is 6. The zero-order chi connectivity index (χ0) is 19.4. The molecule has 1 heterocycles. The van der Waals surface area contributed by atoms with E-state index in [1.165, 1.54) is 6.07 Å². The van der Waals surface area contributed by atoms with Crippen LogP contribution in [-0.4, -0.2) is 17.8 Å². The van der Waals surface area contributed by atoms with Crippen LogP contribution in [0.5, 0.6) is 0 Å². The number of carboxylic acids is 1. The molecule has 1 atom stereocenters. The molecule has 0 radical (unpaired) electrons. The predicted octanol–water partition coefficient (Wildman–Crippen LogP) is 3.73. The minimum Gasteiger partial charge on any atom is -0.545 e. The van der Waals surface area contributed by atoms with E-state index < -0.39 is 5.97 Å². The molecule has 0 unspecified atom stereocenters. The summed E-state index contributed by atoms with van der Waals surface area (Å²) >= 11 is 0. The molecule has 2 aromatic carbocycles. The highest BCUT2D eigenvalue weighted by atomic mass is 16.4. The van der Waals surface area contributed by atoms with E-state index in [1.54, 1.807) is 25.1 Å². The predicted molar refractivity (Wildman–Crippen MR) is 102 cm³/mol. The van der Waals surface area contributed by atoms with E-state index >= 15 is 0 Å². The van der Waals surface area contributed by atoms with Crippen molar-refractivity contribution in [3.05, 3.63) is 53.1 Å². The van der Waals surface area contributed by atoms with Crippen LogP contribution < -0.4 is 10.4 Å². The number of rotatable bonds is 6. The number of azo groups is 1. The van der Waals surface area contributed by atoms with Crippen molar-refractivity contribution in [3.63, 3.8) is 0 Å². The van der Waals surface area contributed by atoms with Gasteiger partial charge in [-0.2, -0.15) is 5.11 Å². The number of carboxylic acid groups (broad SMARTS) is 1. The number of aryl methyl sites for hydroxylation is 2. The summed E-state index contributed by atoms with van der Waals surface area (Å²) in [6, 6.07) is 10.8. The number of ketones is 1. The highest BCUT2D eigenvalue weighted by molar-refractivity contribution is 5.91. The number of aromatic carboxylic acids is 1. The van der Waals surface area contributed by atoms with Gasteiger partial charge in [-0.05, 0) is 62.4 Å². The van der Waals surface area contributed by atoms with Crippen LogP contribution in [0.1, 0.15) is 48.2 Å². The molecule has 27 heavy (non-hydrogen) atoms. The summed E-state index contributed by atoms with van der Waals surface area (Å²) in [4.78, 5) is 22.7. The van der Waals surface area contributed by atoms with Crippen LogP contribution in [-0.2, 0) is 17.6 Å². The minimum atomic E-state index is -1.29. The average molecular weight is 364 g/mol. The van der Waals surface area contributed by atoms with E-state index in [1.807, 2.05) is 12.1 Å². The summed E-state index contributed by atoms with van der Waals surface area (Å²) in [5, 5.41) is 23.2. The molecular formula is C21H22N3O3-. The lowest BCUT2D eigenvalue weighted by Gasteiger charge is -2.25. The Morgan fingerprint density at radius 3 is 2.67 bits per heavy atom. The first-order chi connectivity index (χ1) is 12.9. The molecule has 0 saturated heterocycles. The van der Waals surface area contributed by atoms with Crippen molar-refractivity contribution < 1.29 is 14.7 Å². The second kappa shape index (κ2) is 8.12. The monoisotopic (exact) mass is 364 g/mol. The van der Waals surface area contributed by atoms with Gasteiger partial charge in [-0.25, -0.2) is 0 Å². The van der Waals surface area contributed by atoms with E-state index in [-0.39, 0.29) is 17.0 Å². The highest BCUT2D eigenvalue weighted by Crippen LogP contribution is 2.34. The van der Waals surface area contributed by atoms with Gasteiger partial charge in [0.2, 0.25) is 0 Å². The normalized spacial score (nSPS) is 16.0. The van der Waals surface area contributed by atoms with Gasteiger partial charge in [0.25, 0.3) is 0 Å². The second-order valence-electron chi connectivity index (χ2n) is 6.93. The Balaban J connectivity index is 1.98. The minimum absolute atomic E-state index is 0.0000116. The van der Waals surface area contributed by atoms with Crippen LogP contribution in [0.2, 0.25) is 0 Å². The van der Waals surface area contributed by atoms with Gasteiger partial charge >= 0.3 is 0 Å². The lowest BCUT2D eigenvalue weighted by molar-refractivity contribution is -0.254. The molecule has 0 spiro atoms. The van der Waals surface area contributed by atoms with Gasteiger partial charge in [-0.3, -0.25) is 0 Å². The Labute approximate surface area is 158 Å². The van der Waals surface area contributed by atoms with Crippen molar-refractivity contribution in [2.24, 2.45) is 10.2 Å². The van der Waals surface area contributed by atoms with Gasteiger partial charge in [0.1, 0.15) is 5.78 Å². The largest absolute Gasteiger partial charge is 0.545 e. The Bertz CT molecular complexity index is 906. The molecule has 3 rings (SSSR count). The van der Waals surface area contributed by atoms with Crippen molar-refractivity contribution in [1.29, 1.82) is 0 Å². The molecule has 6 nitrogen and oxygen atoms in total. The molecule has 1 aliphatic rings. The summed E-state index contributed by atoms with van der Waals surface area (Å²) in [5.74, 6) is -1.18. The molecule has 0 fully saturated rings. The first-order valence-electron chi connectivity index (χ1n) is 9.08. The molecule has 0 aromatic heterocycles. The van der Waals surface area contributed by atoms with Crippen molar-refractivity contribution in [3.8, 4) is 0 Å². The third kappa shape index (κ3) is 4.58. The fourth-order valence-corrected chi connectivity index (χ4v) is 3.17. The van der Waals surface area contributed by atoms with E-state index in [0.717, 1.165) is 29.7 Å².